The summed E-state index contributed by atoms with van der Waals surface area (Å²) in [7, 11) is 0. The molecule has 1 amide bonds. The third-order valence-corrected chi connectivity index (χ3v) is 5.12. The van der Waals surface area contributed by atoms with Gasteiger partial charge in [-0.2, -0.15) is 0 Å². The third-order valence-electron chi connectivity index (χ3n) is 5.12. The van der Waals surface area contributed by atoms with Crippen molar-refractivity contribution in [2.24, 2.45) is 17.8 Å². The molecule has 1 N–H and O–H groups in total. The number of benzene rings is 1. The van der Waals surface area contributed by atoms with E-state index >= 15 is 0 Å². The van der Waals surface area contributed by atoms with Gasteiger partial charge in [0.2, 0.25) is 5.91 Å². The van der Waals surface area contributed by atoms with E-state index in [-0.39, 0.29) is 11.8 Å². The van der Waals surface area contributed by atoms with Gasteiger partial charge in [0.25, 0.3) is 0 Å². The van der Waals surface area contributed by atoms with Gasteiger partial charge in [-0.1, -0.05) is 42.0 Å². The van der Waals surface area contributed by atoms with Crippen LogP contribution in [0.2, 0.25) is 0 Å². The summed E-state index contributed by atoms with van der Waals surface area (Å²) in [6, 6.07) is 8.08. The molecule has 0 heterocycles. The summed E-state index contributed by atoms with van der Waals surface area (Å²) >= 11 is 0. The number of hydrogen-bond donors (Lipinski definition) is 1. The Morgan fingerprint density at radius 1 is 0.870 bits per heavy atom. The lowest BCUT2D eigenvalue weighted by Gasteiger charge is -2.05. The van der Waals surface area contributed by atoms with Crippen LogP contribution < -0.4 is 5.32 Å². The summed E-state index contributed by atoms with van der Waals surface area (Å²) in [5.41, 5.74) is 2.14. The van der Waals surface area contributed by atoms with Crippen LogP contribution in [-0.4, -0.2) is 5.91 Å². The maximum atomic E-state index is 12.6. The van der Waals surface area contributed by atoms with E-state index in [1.54, 1.807) is 0 Å². The van der Waals surface area contributed by atoms with Gasteiger partial charge in [-0.05, 0) is 69.4 Å². The zero-order valence-electron chi connectivity index (χ0n) is 14.0. The maximum absolute atomic E-state index is 12.6. The Balaban J connectivity index is 1.60. The summed E-state index contributed by atoms with van der Waals surface area (Å²) in [5, 5.41) is 3.11. The number of aryl methyl sites for hydroxylation is 1. The molecule has 1 saturated carbocycles. The molecule has 0 saturated heterocycles. The Kier molecular flexibility index (Phi) is 5.32. The molecule has 2 aliphatic rings. The molecule has 0 bridgehead atoms. The first kappa shape index (κ1) is 16.0. The zero-order chi connectivity index (χ0) is 16.1. The number of amides is 1. The molecule has 3 rings (SSSR count). The number of carbonyl (C=O) groups is 1. The minimum atomic E-state index is 0.207. The van der Waals surface area contributed by atoms with E-state index in [9.17, 15) is 4.79 Å². The van der Waals surface area contributed by atoms with Crippen molar-refractivity contribution in [3.05, 3.63) is 54.1 Å². The number of carbonyl (C=O) groups excluding carboxylic acids is 1. The van der Waals surface area contributed by atoms with Crippen LogP contribution in [0, 0.1) is 24.7 Å². The molecule has 0 spiro atoms. The highest BCUT2D eigenvalue weighted by Gasteiger charge is 2.52. The molecule has 2 heteroatoms. The molecule has 23 heavy (non-hydrogen) atoms. The van der Waals surface area contributed by atoms with E-state index in [0.717, 1.165) is 44.2 Å². The Hall–Kier alpha value is -1.83. The number of nitrogens with one attached hydrogen (secondary N) is 1. The molecule has 3 atom stereocenters. The molecule has 1 unspecified atom stereocenters. The van der Waals surface area contributed by atoms with Crippen molar-refractivity contribution < 1.29 is 4.79 Å². The minimum absolute atomic E-state index is 0.207. The van der Waals surface area contributed by atoms with Crippen molar-refractivity contribution >= 4 is 11.6 Å². The lowest BCUT2D eigenvalue weighted by Crippen LogP contribution is -2.15. The first-order valence-electron chi connectivity index (χ1n) is 8.93. The Morgan fingerprint density at radius 3 is 1.96 bits per heavy atom. The lowest BCUT2D eigenvalue weighted by molar-refractivity contribution is -0.117. The van der Waals surface area contributed by atoms with E-state index in [0.29, 0.717) is 11.8 Å². The zero-order valence-corrected chi connectivity index (χ0v) is 14.0. The number of anilines is 1. The third kappa shape index (κ3) is 4.34. The Bertz CT molecular complexity index is 560. The van der Waals surface area contributed by atoms with E-state index in [1.165, 1.54) is 5.56 Å². The molecular weight excluding hydrogens is 282 g/mol. The van der Waals surface area contributed by atoms with E-state index < -0.39 is 0 Å². The Morgan fingerprint density at radius 2 is 1.39 bits per heavy atom. The largest absolute Gasteiger partial charge is 0.326 e. The fraction of sp³-hybridized carbons (Fsp3) is 0.476. The second-order valence-electron chi connectivity index (χ2n) is 6.88. The van der Waals surface area contributed by atoms with Gasteiger partial charge in [0.1, 0.15) is 0 Å². The van der Waals surface area contributed by atoms with Gasteiger partial charge in [0, 0.05) is 11.6 Å². The molecule has 2 nitrogen and oxygen atoms in total. The highest BCUT2D eigenvalue weighted by atomic mass is 16.2. The van der Waals surface area contributed by atoms with Gasteiger partial charge in [0.05, 0.1) is 0 Å². The number of allylic oxidation sites excluding steroid dienone is 4. The molecule has 1 fully saturated rings. The molecule has 0 radical (unpaired) electrons. The SMILES string of the molecule is Cc1ccc(NC(=O)C2[C@H]3CC/C=C\CC/C=C/CC[C@H]23)cc1. The number of hydrogen-bond acceptors (Lipinski definition) is 1. The molecule has 0 aromatic heterocycles. The van der Waals surface area contributed by atoms with E-state index in [4.69, 9.17) is 0 Å². The predicted molar refractivity (Wildman–Crippen MR) is 96.3 cm³/mol. The maximum Gasteiger partial charge on any atom is 0.228 e. The predicted octanol–water partition coefficient (Wildman–Crippen LogP) is 5.26. The van der Waals surface area contributed by atoms with Crippen LogP contribution in [0.1, 0.15) is 44.1 Å². The van der Waals surface area contributed by atoms with Crippen LogP contribution in [0.3, 0.4) is 0 Å². The fourth-order valence-corrected chi connectivity index (χ4v) is 3.72. The highest BCUT2D eigenvalue weighted by molar-refractivity contribution is 5.94. The summed E-state index contributed by atoms with van der Waals surface area (Å²) in [6.07, 6.45) is 15.9. The van der Waals surface area contributed by atoms with Crippen LogP contribution in [0.15, 0.2) is 48.6 Å². The van der Waals surface area contributed by atoms with Gasteiger partial charge >= 0.3 is 0 Å². The molecule has 0 aliphatic heterocycles. The average molecular weight is 309 g/mol. The van der Waals surface area contributed by atoms with Crippen molar-refractivity contribution in [3.8, 4) is 0 Å². The first-order valence-corrected chi connectivity index (χ1v) is 8.93. The normalized spacial score (nSPS) is 30.2. The average Bonchev–Trinajstić information content (AvgIpc) is 3.22. The van der Waals surface area contributed by atoms with Gasteiger partial charge in [0.15, 0.2) is 0 Å². The van der Waals surface area contributed by atoms with E-state index in [2.05, 4.69) is 36.5 Å². The number of fused-ring (bicyclic) bond motifs is 1. The molecule has 122 valence electrons. The second-order valence-corrected chi connectivity index (χ2v) is 6.88. The molecule has 1 aromatic rings. The van der Waals surface area contributed by atoms with Crippen molar-refractivity contribution in [1.82, 2.24) is 0 Å². The van der Waals surface area contributed by atoms with Crippen molar-refractivity contribution in [1.29, 1.82) is 0 Å². The highest BCUT2D eigenvalue weighted by Crippen LogP contribution is 2.52. The standard InChI is InChI=1S/C21H27NO/c1-16-12-14-17(15-13-16)22-21(23)20-18-10-8-6-4-2-3-5-7-9-11-19(18)20/h4-7,12-15,18-20H,2-3,8-11H2,1H3,(H,22,23)/b6-4-,7-5+/t18-,19-,20?/m0/s1. The van der Waals surface area contributed by atoms with E-state index in [1.807, 2.05) is 24.3 Å². The van der Waals surface area contributed by atoms with Crippen molar-refractivity contribution in [2.75, 3.05) is 5.32 Å². The lowest BCUT2D eigenvalue weighted by atomic mass is 10.1. The smallest absolute Gasteiger partial charge is 0.228 e. The van der Waals surface area contributed by atoms with Crippen molar-refractivity contribution in [2.45, 2.75) is 45.4 Å². The second kappa shape index (κ2) is 7.63. The summed E-state index contributed by atoms with van der Waals surface area (Å²) in [6.45, 7) is 2.06. The van der Waals surface area contributed by atoms with Crippen LogP contribution in [0.25, 0.3) is 0 Å². The van der Waals surface area contributed by atoms with Gasteiger partial charge in [-0.25, -0.2) is 0 Å². The van der Waals surface area contributed by atoms with Crippen LogP contribution in [0.4, 0.5) is 5.69 Å². The van der Waals surface area contributed by atoms with Crippen LogP contribution in [0.5, 0.6) is 0 Å². The summed E-state index contributed by atoms with van der Waals surface area (Å²) in [4.78, 5) is 12.6. The van der Waals surface area contributed by atoms with Gasteiger partial charge in [-0.3, -0.25) is 4.79 Å². The number of rotatable bonds is 2. The van der Waals surface area contributed by atoms with Gasteiger partial charge in [-0.15, -0.1) is 0 Å². The molecular formula is C21H27NO. The van der Waals surface area contributed by atoms with Crippen LogP contribution in [-0.2, 0) is 4.79 Å². The summed E-state index contributed by atoms with van der Waals surface area (Å²) in [5.74, 6) is 1.56. The Labute approximate surface area is 139 Å². The van der Waals surface area contributed by atoms with Crippen molar-refractivity contribution in [3.63, 3.8) is 0 Å². The quantitative estimate of drug-likeness (QED) is 0.742. The summed E-state index contributed by atoms with van der Waals surface area (Å²) < 4.78 is 0. The minimum Gasteiger partial charge on any atom is -0.326 e. The molecule has 1 aromatic carbocycles. The van der Waals surface area contributed by atoms with Gasteiger partial charge < -0.3 is 5.32 Å². The fourth-order valence-electron chi connectivity index (χ4n) is 3.72. The first-order chi connectivity index (χ1) is 11.3. The van der Waals surface area contributed by atoms with Crippen LogP contribution >= 0.6 is 0 Å². The molecule has 2 aliphatic carbocycles. The monoisotopic (exact) mass is 309 g/mol. The topological polar surface area (TPSA) is 29.1 Å².